The second-order valence-electron chi connectivity index (χ2n) is 14.7. The van der Waals surface area contributed by atoms with E-state index in [1.165, 1.54) is 22.3 Å². The Kier molecular flexibility index (Phi) is 11.0. The highest BCUT2D eigenvalue weighted by Gasteiger charge is 2.28. The van der Waals surface area contributed by atoms with Gasteiger partial charge in [0.15, 0.2) is 0 Å². The van der Waals surface area contributed by atoms with Gasteiger partial charge in [-0.05, 0) is 122 Å². The smallest absolute Gasteiger partial charge is 0.125 e. The van der Waals surface area contributed by atoms with Crippen molar-refractivity contribution in [2.24, 2.45) is 0 Å². The van der Waals surface area contributed by atoms with Crippen molar-refractivity contribution in [1.29, 1.82) is 0 Å². The summed E-state index contributed by atoms with van der Waals surface area (Å²) in [6.07, 6.45) is -0.787. The molecule has 0 heterocycles. The Balaban J connectivity index is 1.44. The van der Waals surface area contributed by atoms with Gasteiger partial charge in [-0.25, -0.2) is 0 Å². The predicted octanol–water partition coefficient (Wildman–Crippen LogP) is 9.64. The summed E-state index contributed by atoms with van der Waals surface area (Å²) in [5.74, 6) is 3.49. The van der Waals surface area contributed by atoms with Crippen LogP contribution in [0.25, 0.3) is 0 Å². The Morgan fingerprint density at radius 2 is 0.646 bits per heavy atom. The highest BCUT2D eigenvalue weighted by molar-refractivity contribution is 5.53. The van der Waals surface area contributed by atoms with Crippen LogP contribution in [0.5, 0.6) is 23.0 Å². The summed E-state index contributed by atoms with van der Waals surface area (Å²) in [6.45, 7) is 25.9. The van der Waals surface area contributed by atoms with Gasteiger partial charge in [-0.15, -0.1) is 0 Å². The van der Waals surface area contributed by atoms with Crippen LogP contribution in [0.1, 0.15) is 94.5 Å². The Labute approximate surface area is 289 Å². The van der Waals surface area contributed by atoms with Gasteiger partial charge in [0.05, 0.1) is 14.2 Å². The number of ether oxygens (including phenoxy) is 4. The molecule has 0 spiro atoms. The second-order valence-corrected chi connectivity index (χ2v) is 14.7. The highest BCUT2D eigenvalue weighted by atomic mass is 16.5. The van der Waals surface area contributed by atoms with E-state index in [0.29, 0.717) is 0 Å². The minimum Gasteiger partial charge on any atom is -0.496 e. The number of aliphatic hydroxyl groups excluding tert-OH is 1. The van der Waals surface area contributed by atoms with E-state index >= 15 is 0 Å². The summed E-state index contributed by atoms with van der Waals surface area (Å²) in [6, 6.07) is 17.7. The number of aliphatic hydroxyl groups is 1. The standard InChI is InChI=1S/C43H56O5/c1-25-15-33(16-26(2)38(25)45-13)42(9,10)35-19-29(5)40(30(6)20-35)47-23-37(44)24-48-41-31(7)21-36(22-32(41)8)43(11,12)34-17-27(3)39(46-14)28(4)18-34/h15-22,37,44H,23-24H2,1-14H3. The Morgan fingerprint density at radius 3 is 0.854 bits per heavy atom. The molecule has 5 heteroatoms. The number of hydrogen-bond donors (Lipinski definition) is 1. The lowest BCUT2D eigenvalue weighted by molar-refractivity contribution is 0.0617. The molecule has 0 unspecified atom stereocenters. The first-order chi connectivity index (χ1) is 22.4. The Hall–Kier alpha value is -3.96. The SMILES string of the molecule is COc1c(C)cc(C(C)(C)c2cc(C)c(OCC(O)COc3c(C)cc(C(C)(C)c4cc(C)c(OC)c(C)c4)cc3C)c(C)c2)cc1C. The van der Waals surface area contributed by atoms with Crippen LogP contribution in [-0.4, -0.2) is 38.6 Å². The number of benzene rings is 4. The van der Waals surface area contributed by atoms with Crippen LogP contribution in [-0.2, 0) is 10.8 Å². The summed E-state index contributed by atoms with van der Waals surface area (Å²) < 4.78 is 23.6. The number of aryl methyl sites for hydroxylation is 8. The lowest BCUT2D eigenvalue weighted by atomic mass is 9.76. The van der Waals surface area contributed by atoms with E-state index in [1.807, 2.05) is 0 Å². The molecule has 258 valence electrons. The molecule has 4 aromatic carbocycles. The van der Waals surface area contributed by atoms with E-state index in [1.54, 1.807) is 14.2 Å². The van der Waals surface area contributed by atoms with E-state index in [4.69, 9.17) is 18.9 Å². The number of methoxy groups -OCH3 is 2. The molecular formula is C43H56O5. The maximum atomic E-state index is 10.9. The molecule has 0 aromatic heterocycles. The fourth-order valence-corrected chi connectivity index (χ4v) is 7.08. The third kappa shape index (κ3) is 7.37. The van der Waals surface area contributed by atoms with Crippen molar-refractivity contribution in [3.8, 4) is 23.0 Å². The molecule has 0 aliphatic heterocycles. The lowest BCUT2D eigenvalue weighted by Crippen LogP contribution is -2.26. The zero-order valence-corrected chi connectivity index (χ0v) is 31.7. The first-order valence-corrected chi connectivity index (χ1v) is 16.9. The second kappa shape index (κ2) is 14.3. The quantitative estimate of drug-likeness (QED) is 0.165. The Morgan fingerprint density at radius 1 is 0.438 bits per heavy atom. The van der Waals surface area contributed by atoms with E-state index in [2.05, 4.69) is 132 Å². The van der Waals surface area contributed by atoms with Crippen molar-refractivity contribution in [3.63, 3.8) is 0 Å². The van der Waals surface area contributed by atoms with Gasteiger partial charge >= 0.3 is 0 Å². The molecule has 4 aromatic rings. The predicted molar refractivity (Wildman–Crippen MR) is 198 cm³/mol. The molecule has 4 rings (SSSR count). The number of hydrogen-bond acceptors (Lipinski definition) is 5. The van der Waals surface area contributed by atoms with Gasteiger partial charge < -0.3 is 24.1 Å². The molecule has 0 bridgehead atoms. The number of rotatable bonds is 12. The van der Waals surface area contributed by atoms with Crippen LogP contribution in [0.2, 0.25) is 0 Å². The van der Waals surface area contributed by atoms with Crippen LogP contribution in [0.3, 0.4) is 0 Å². The topological polar surface area (TPSA) is 57.2 Å². The zero-order valence-electron chi connectivity index (χ0n) is 31.7. The van der Waals surface area contributed by atoms with Gasteiger partial charge in [-0.3, -0.25) is 0 Å². The molecule has 48 heavy (non-hydrogen) atoms. The fraction of sp³-hybridized carbons (Fsp3) is 0.442. The fourth-order valence-electron chi connectivity index (χ4n) is 7.08. The van der Waals surface area contributed by atoms with Crippen molar-refractivity contribution < 1.29 is 24.1 Å². The van der Waals surface area contributed by atoms with Gasteiger partial charge in [0.2, 0.25) is 0 Å². The van der Waals surface area contributed by atoms with E-state index in [0.717, 1.165) is 67.5 Å². The van der Waals surface area contributed by atoms with Gasteiger partial charge in [0.1, 0.15) is 42.3 Å². The first kappa shape index (κ1) is 36.9. The third-order valence-electron chi connectivity index (χ3n) is 9.98. The molecule has 0 aliphatic carbocycles. The van der Waals surface area contributed by atoms with Crippen molar-refractivity contribution in [3.05, 3.63) is 115 Å². The molecular weight excluding hydrogens is 596 g/mol. The Bertz CT molecular complexity index is 1570. The van der Waals surface area contributed by atoms with Gasteiger partial charge in [-0.2, -0.15) is 0 Å². The monoisotopic (exact) mass is 652 g/mol. The van der Waals surface area contributed by atoms with Crippen molar-refractivity contribution in [2.45, 2.75) is 100 Å². The largest absolute Gasteiger partial charge is 0.496 e. The minimum atomic E-state index is -0.787. The van der Waals surface area contributed by atoms with Crippen molar-refractivity contribution in [2.75, 3.05) is 27.4 Å². The molecule has 5 nitrogen and oxygen atoms in total. The first-order valence-electron chi connectivity index (χ1n) is 16.9. The third-order valence-corrected chi connectivity index (χ3v) is 9.98. The maximum absolute atomic E-state index is 10.9. The minimum absolute atomic E-state index is 0.140. The molecule has 0 radical (unpaired) electrons. The van der Waals surface area contributed by atoms with Crippen LogP contribution in [0, 0.1) is 55.4 Å². The maximum Gasteiger partial charge on any atom is 0.125 e. The summed E-state index contributed by atoms with van der Waals surface area (Å²) in [7, 11) is 3.45. The van der Waals surface area contributed by atoms with Gasteiger partial charge in [-0.1, -0.05) is 76.2 Å². The van der Waals surface area contributed by atoms with E-state index < -0.39 is 6.10 Å². The average Bonchev–Trinajstić information content (AvgIpc) is 2.99. The van der Waals surface area contributed by atoms with Gasteiger partial charge in [0, 0.05) is 10.8 Å². The van der Waals surface area contributed by atoms with Crippen LogP contribution in [0.4, 0.5) is 0 Å². The van der Waals surface area contributed by atoms with Crippen molar-refractivity contribution >= 4 is 0 Å². The van der Waals surface area contributed by atoms with Crippen LogP contribution in [0.15, 0.2) is 48.5 Å². The molecule has 1 N–H and O–H groups in total. The van der Waals surface area contributed by atoms with Crippen LogP contribution >= 0.6 is 0 Å². The van der Waals surface area contributed by atoms with Crippen molar-refractivity contribution in [1.82, 2.24) is 0 Å². The molecule has 0 amide bonds. The highest BCUT2D eigenvalue weighted by Crippen LogP contribution is 2.40. The van der Waals surface area contributed by atoms with E-state index in [-0.39, 0.29) is 24.0 Å². The summed E-state index contributed by atoms with van der Waals surface area (Å²) in [4.78, 5) is 0. The normalized spacial score (nSPS) is 12.0. The molecule has 0 aliphatic rings. The van der Waals surface area contributed by atoms with Gasteiger partial charge in [0.25, 0.3) is 0 Å². The molecule has 0 saturated heterocycles. The lowest BCUT2D eigenvalue weighted by Gasteiger charge is -2.29. The average molecular weight is 653 g/mol. The molecule has 0 atom stereocenters. The van der Waals surface area contributed by atoms with E-state index in [9.17, 15) is 5.11 Å². The summed E-state index contributed by atoms with van der Waals surface area (Å²) in [5, 5.41) is 10.9. The zero-order chi connectivity index (χ0) is 35.7. The molecule has 0 fully saturated rings. The summed E-state index contributed by atoms with van der Waals surface area (Å²) in [5.41, 5.74) is 13.2. The molecule has 0 saturated carbocycles. The summed E-state index contributed by atoms with van der Waals surface area (Å²) >= 11 is 0. The van der Waals surface area contributed by atoms with Crippen LogP contribution < -0.4 is 18.9 Å².